The second-order valence-electron chi connectivity index (χ2n) is 6.20. The minimum atomic E-state index is -3.55. The summed E-state index contributed by atoms with van der Waals surface area (Å²) in [5.74, 6) is -0.0978. The van der Waals surface area contributed by atoms with Crippen molar-refractivity contribution in [3.8, 4) is 0 Å². The van der Waals surface area contributed by atoms with Gasteiger partial charge in [-0.2, -0.15) is 0 Å². The molecule has 1 N–H and O–H groups in total. The van der Waals surface area contributed by atoms with Crippen LogP contribution in [0.25, 0.3) is 0 Å². The number of nitrogens with one attached hydrogen (secondary N) is 1. The first-order chi connectivity index (χ1) is 12.4. The predicted octanol–water partition coefficient (Wildman–Crippen LogP) is 4.86. The predicted molar refractivity (Wildman–Crippen MR) is 107 cm³/mol. The zero-order valence-electron chi connectivity index (χ0n) is 14.4. The fourth-order valence-electron chi connectivity index (χ4n) is 2.89. The molecule has 5 heteroatoms. The molecule has 3 aromatic rings. The van der Waals surface area contributed by atoms with Crippen LogP contribution in [0, 0.1) is 6.92 Å². The molecular weight excluding hydrogens is 366 g/mol. The molecule has 0 radical (unpaired) electrons. The van der Waals surface area contributed by atoms with Gasteiger partial charge in [-0.15, -0.1) is 0 Å². The number of halogens is 1. The molecular formula is C21H20ClNO2S. The Kier molecular flexibility index (Phi) is 5.77. The van der Waals surface area contributed by atoms with Crippen molar-refractivity contribution in [2.75, 3.05) is 0 Å². The minimum absolute atomic E-state index is 0.0978. The Morgan fingerprint density at radius 3 is 2.15 bits per heavy atom. The number of aryl methyl sites for hydroxylation is 1. The summed E-state index contributed by atoms with van der Waals surface area (Å²) in [5.41, 5.74) is 3.58. The topological polar surface area (TPSA) is 46.2 Å². The van der Waals surface area contributed by atoms with Crippen LogP contribution in [0.15, 0.2) is 78.9 Å². The lowest BCUT2D eigenvalue weighted by atomic mass is 9.96. The van der Waals surface area contributed by atoms with Gasteiger partial charge in [0.25, 0.3) is 0 Å². The summed E-state index contributed by atoms with van der Waals surface area (Å²) in [6.45, 7) is 1.98. The molecule has 134 valence electrons. The van der Waals surface area contributed by atoms with Gasteiger partial charge in [0.2, 0.25) is 10.0 Å². The van der Waals surface area contributed by atoms with Crippen LogP contribution in [0.1, 0.15) is 28.3 Å². The molecule has 0 unspecified atom stereocenters. The second kappa shape index (κ2) is 8.04. The van der Waals surface area contributed by atoms with E-state index in [0.717, 1.165) is 16.7 Å². The van der Waals surface area contributed by atoms with Gasteiger partial charge in [0.1, 0.15) is 0 Å². The van der Waals surface area contributed by atoms with E-state index in [2.05, 4.69) is 4.72 Å². The summed E-state index contributed by atoms with van der Waals surface area (Å²) >= 11 is 5.88. The third-order valence-corrected chi connectivity index (χ3v) is 5.76. The fraction of sp³-hybridized carbons (Fsp3) is 0.143. The molecule has 0 spiro atoms. The second-order valence-corrected chi connectivity index (χ2v) is 8.39. The molecule has 0 saturated heterocycles. The third-order valence-electron chi connectivity index (χ3n) is 4.20. The monoisotopic (exact) mass is 385 g/mol. The number of hydrogen-bond donors (Lipinski definition) is 1. The van der Waals surface area contributed by atoms with Gasteiger partial charge in [-0.25, -0.2) is 13.1 Å². The van der Waals surface area contributed by atoms with E-state index in [1.807, 2.05) is 61.5 Å². The molecule has 3 rings (SSSR count). The number of rotatable bonds is 6. The van der Waals surface area contributed by atoms with Crippen LogP contribution in [-0.2, 0) is 15.8 Å². The van der Waals surface area contributed by atoms with Crippen molar-refractivity contribution in [2.45, 2.75) is 18.7 Å². The maximum atomic E-state index is 12.8. The summed E-state index contributed by atoms with van der Waals surface area (Å²) in [6.07, 6.45) is 0. The Bertz CT molecular complexity index is 970. The van der Waals surface area contributed by atoms with Crippen LogP contribution in [0.4, 0.5) is 0 Å². The fourth-order valence-corrected chi connectivity index (χ4v) is 4.35. The largest absolute Gasteiger partial charge is 0.216 e. The maximum Gasteiger partial charge on any atom is 0.216 e. The van der Waals surface area contributed by atoms with E-state index in [-0.39, 0.29) is 5.75 Å². The molecule has 0 aliphatic rings. The van der Waals surface area contributed by atoms with E-state index in [0.29, 0.717) is 10.6 Å². The molecule has 0 bridgehead atoms. The normalized spacial score (nSPS) is 12.7. The van der Waals surface area contributed by atoms with Crippen LogP contribution >= 0.6 is 11.6 Å². The molecule has 26 heavy (non-hydrogen) atoms. The molecule has 0 aromatic heterocycles. The van der Waals surface area contributed by atoms with E-state index in [1.54, 1.807) is 24.3 Å². The number of hydrogen-bond acceptors (Lipinski definition) is 2. The van der Waals surface area contributed by atoms with Crippen molar-refractivity contribution < 1.29 is 8.42 Å². The molecule has 0 saturated carbocycles. The van der Waals surface area contributed by atoms with Gasteiger partial charge in [-0.05, 0) is 41.3 Å². The summed E-state index contributed by atoms with van der Waals surface area (Å²) in [5, 5.41) is 0.584. The van der Waals surface area contributed by atoms with E-state index in [9.17, 15) is 8.42 Å². The highest BCUT2D eigenvalue weighted by Gasteiger charge is 2.22. The summed E-state index contributed by atoms with van der Waals surface area (Å²) in [4.78, 5) is 0. The quantitative estimate of drug-likeness (QED) is 0.658. The molecule has 3 nitrogen and oxygen atoms in total. The third kappa shape index (κ3) is 4.73. The first kappa shape index (κ1) is 18.6. The Labute approximate surface area is 159 Å². The molecule has 0 fully saturated rings. The number of benzene rings is 3. The lowest BCUT2D eigenvalue weighted by molar-refractivity contribution is 0.571. The standard InChI is InChI=1S/C21H20ClNO2S/c1-16-7-5-6-10-20(16)21(18-8-3-2-4-9-18)23-26(24,25)15-17-11-13-19(22)14-12-17/h2-14,21,23H,15H2,1H3/t21-/m1/s1. The lowest BCUT2D eigenvalue weighted by Gasteiger charge is -2.21. The zero-order valence-corrected chi connectivity index (χ0v) is 16.0. The van der Waals surface area contributed by atoms with Crippen molar-refractivity contribution in [2.24, 2.45) is 0 Å². The van der Waals surface area contributed by atoms with Crippen molar-refractivity contribution in [3.63, 3.8) is 0 Å². The van der Waals surface area contributed by atoms with Crippen molar-refractivity contribution in [3.05, 3.63) is 106 Å². The Balaban J connectivity index is 1.92. The van der Waals surface area contributed by atoms with Gasteiger partial charge in [0.05, 0.1) is 11.8 Å². The smallest absolute Gasteiger partial charge is 0.212 e. The molecule has 3 aromatic carbocycles. The SMILES string of the molecule is Cc1ccccc1[C@H](NS(=O)(=O)Cc1ccc(Cl)cc1)c1ccccc1. The van der Waals surface area contributed by atoms with Crippen LogP contribution in [0.2, 0.25) is 5.02 Å². The van der Waals surface area contributed by atoms with Crippen molar-refractivity contribution in [1.29, 1.82) is 0 Å². The first-order valence-electron chi connectivity index (χ1n) is 8.29. The van der Waals surface area contributed by atoms with Gasteiger partial charge in [0, 0.05) is 5.02 Å². The highest BCUT2D eigenvalue weighted by Crippen LogP contribution is 2.26. The summed E-state index contributed by atoms with van der Waals surface area (Å²) in [6, 6.07) is 23.8. The van der Waals surface area contributed by atoms with Crippen LogP contribution in [0.3, 0.4) is 0 Å². The minimum Gasteiger partial charge on any atom is -0.212 e. The average molecular weight is 386 g/mol. The van der Waals surface area contributed by atoms with E-state index in [1.165, 1.54) is 0 Å². The highest BCUT2D eigenvalue weighted by atomic mass is 35.5. The molecule has 1 atom stereocenters. The summed E-state index contributed by atoms with van der Waals surface area (Å²) in [7, 11) is -3.55. The van der Waals surface area contributed by atoms with Crippen LogP contribution in [0.5, 0.6) is 0 Å². The summed E-state index contributed by atoms with van der Waals surface area (Å²) < 4.78 is 28.5. The molecule has 0 amide bonds. The van der Waals surface area contributed by atoms with Gasteiger partial charge in [-0.1, -0.05) is 78.3 Å². The zero-order chi connectivity index (χ0) is 18.6. The van der Waals surface area contributed by atoms with Gasteiger partial charge >= 0.3 is 0 Å². The average Bonchev–Trinajstić information content (AvgIpc) is 2.63. The Morgan fingerprint density at radius 1 is 0.885 bits per heavy atom. The molecule has 0 aliphatic heterocycles. The highest BCUT2D eigenvalue weighted by molar-refractivity contribution is 7.88. The Morgan fingerprint density at radius 2 is 1.50 bits per heavy atom. The van der Waals surface area contributed by atoms with E-state index in [4.69, 9.17) is 11.6 Å². The Hall–Kier alpha value is -2.14. The number of sulfonamides is 1. The lowest BCUT2D eigenvalue weighted by Crippen LogP contribution is -2.31. The molecule has 0 heterocycles. The van der Waals surface area contributed by atoms with E-state index < -0.39 is 16.1 Å². The first-order valence-corrected chi connectivity index (χ1v) is 10.3. The van der Waals surface area contributed by atoms with Gasteiger partial charge < -0.3 is 0 Å². The van der Waals surface area contributed by atoms with Crippen LogP contribution in [-0.4, -0.2) is 8.42 Å². The molecule has 0 aliphatic carbocycles. The van der Waals surface area contributed by atoms with Crippen molar-refractivity contribution >= 4 is 21.6 Å². The van der Waals surface area contributed by atoms with Gasteiger partial charge in [0.15, 0.2) is 0 Å². The van der Waals surface area contributed by atoms with Gasteiger partial charge in [-0.3, -0.25) is 0 Å². The van der Waals surface area contributed by atoms with Crippen molar-refractivity contribution in [1.82, 2.24) is 4.72 Å². The van der Waals surface area contributed by atoms with Crippen LogP contribution < -0.4 is 4.72 Å². The van der Waals surface area contributed by atoms with E-state index >= 15 is 0 Å². The maximum absolute atomic E-state index is 12.8.